The van der Waals surface area contributed by atoms with E-state index in [9.17, 15) is 0 Å². The number of hydrazine groups is 1. The Hall–Kier alpha value is -1.36. The molecule has 0 aliphatic heterocycles. The van der Waals surface area contributed by atoms with Gasteiger partial charge in [0.25, 0.3) is 0 Å². The summed E-state index contributed by atoms with van der Waals surface area (Å²) in [4.78, 5) is 11.1. The van der Waals surface area contributed by atoms with Gasteiger partial charge in [-0.3, -0.25) is 0 Å². The van der Waals surface area contributed by atoms with E-state index < -0.39 is 0 Å². The first-order valence-electron chi connectivity index (χ1n) is 6.78. The van der Waals surface area contributed by atoms with E-state index in [4.69, 9.17) is 5.84 Å². The molecule has 5 nitrogen and oxygen atoms in total. The number of unbranched alkanes of at least 4 members (excludes halogenated alkanes) is 2. The molecule has 0 aromatic carbocycles. The maximum absolute atomic E-state index is 5.43. The molecule has 0 saturated heterocycles. The molecule has 0 bridgehead atoms. The quantitative estimate of drug-likeness (QED) is 0.549. The second-order valence-corrected chi connectivity index (χ2v) is 4.50. The zero-order chi connectivity index (χ0) is 13.4. The summed E-state index contributed by atoms with van der Waals surface area (Å²) >= 11 is 0. The van der Waals surface area contributed by atoms with Crippen molar-refractivity contribution in [3.05, 3.63) is 11.9 Å². The molecule has 5 heteroatoms. The molecular weight excluding hydrogens is 226 g/mol. The molecule has 0 unspecified atom stereocenters. The maximum atomic E-state index is 5.43. The minimum absolute atomic E-state index is 0.676. The number of rotatable bonds is 8. The molecule has 102 valence electrons. The van der Waals surface area contributed by atoms with Crippen LogP contribution in [0, 0.1) is 6.92 Å². The Morgan fingerprint density at radius 3 is 2.28 bits per heavy atom. The highest BCUT2D eigenvalue weighted by Gasteiger charge is 2.09. The summed E-state index contributed by atoms with van der Waals surface area (Å²) in [6, 6.07) is 1.92. The lowest BCUT2D eigenvalue weighted by Gasteiger charge is -2.24. The van der Waals surface area contributed by atoms with Crippen molar-refractivity contribution in [2.75, 3.05) is 23.4 Å². The minimum atomic E-state index is 0.676. The van der Waals surface area contributed by atoms with Crippen LogP contribution < -0.4 is 16.2 Å². The van der Waals surface area contributed by atoms with Crippen molar-refractivity contribution in [1.29, 1.82) is 0 Å². The Balaban J connectivity index is 2.84. The number of nitrogen functional groups attached to an aromatic ring is 1. The average Bonchev–Trinajstić information content (AvgIpc) is 2.38. The summed E-state index contributed by atoms with van der Waals surface area (Å²) in [5, 5.41) is 0. The van der Waals surface area contributed by atoms with E-state index in [1.54, 1.807) is 0 Å². The molecule has 1 aromatic rings. The molecule has 1 heterocycles. The van der Waals surface area contributed by atoms with E-state index in [-0.39, 0.29) is 0 Å². The first-order valence-corrected chi connectivity index (χ1v) is 6.78. The molecule has 0 radical (unpaired) electrons. The van der Waals surface area contributed by atoms with Crippen LogP contribution >= 0.6 is 0 Å². The van der Waals surface area contributed by atoms with Gasteiger partial charge in [-0.25, -0.2) is 15.8 Å². The zero-order valence-corrected chi connectivity index (χ0v) is 11.7. The summed E-state index contributed by atoms with van der Waals surface area (Å²) in [5.41, 5.74) is 2.60. The molecule has 0 aliphatic carbocycles. The first kappa shape index (κ1) is 14.7. The third kappa shape index (κ3) is 4.49. The molecule has 0 spiro atoms. The van der Waals surface area contributed by atoms with Crippen molar-refractivity contribution in [3.8, 4) is 0 Å². The van der Waals surface area contributed by atoms with E-state index in [2.05, 4.69) is 34.1 Å². The smallest absolute Gasteiger partial charge is 0.145 e. The third-order valence-corrected chi connectivity index (χ3v) is 2.86. The molecule has 1 aromatic heterocycles. The Morgan fingerprint density at radius 1 is 1.17 bits per heavy atom. The largest absolute Gasteiger partial charge is 0.356 e. The molecule has 3 N–H and O–H groups in total. The topological polar surface area (TPSA) is 67.1 Å². The first-order chi connectivity index (χ1) is 8.71. The summed E-state index contributed by atoms with van der Waals surface area (Å²) in [7, 11) is 0. The molecule has 1 rings (SSSR count). The fourth-order valence-electron chi connectivity index (χ4n) is 1.83. The molecule has 0 saturated carbocycles. The Bertz CT molecular complexity index is 345. The molecule has 0 aliphatic rings. The van der Waals surface area contributed by atoms with Crippen LogP contribution in [0.2, 0.25) is 0 Å². The van der Waals surface area contributed by atoms with E-state index in [0.717, 1.165) is 24.7 Å². The average molecular weight is 251 g/mol. The Kier molecular flexibility index (Phi) is 6.43. The van der Waals surface area contributed by atoms with Gasteiger partial charge < -0.3 is 10.3 Å². The van der Waals surface area contributed by atoms with Crippen molar-refractivity contribution in [2.45, 2.75) is 46.5 Å². The van der Waals surface area contributed by atoms with E-state index in [0.29, 0.717) is 5.82 Å². The zero-order valence-electron chi connectivity index (χ0n) is 11.7. The van der Waals surface area contributed by atoms with Crippen molar-refractivity contribution in [2.24, 2.45) is 5.84 Å². The van der Waals surface area contributed by atoms with Crippen molar-refractivity contribution < 1.29 is 0 Å². The van der Waals surface area contributed by atoms with Crippen molar-refractivity contribution in [1.82, 2.24) is 9.97 Å². The van der Waals surface area contributed by atoms with Crippen molar-refractivity contribution in [3.63, 3.8) is 0 Å². The standard InChI is InChI=1S/C13H25N5/c1-4-6-8-18(9-7-5-2)13-10-12(17-14)15-11(3)16-13/h10H,4-9,14H2,1-3H3,(H,15,16,17). The second kappa shape index (κ2) is 7.87. The number of hydrogen-bond acceptors (Lipinski definition) is 5. The van der Waals surface area contributed by atoms with Gasteiger partial charge in [0, 0.05) is 19.2 Å². The van der Waals surface area contributed by atoms with Crippen LogP contribution in [0.5, 0.6) is 0 Å². The number of nitrogens with zero attached hydrogens (tertiary/aromatic N) is 3. The molecule has 0 fully saturated rings. The lowest BCUT2D eigenvalue weighted by Crippen LogP contribution is -2.27. The third-order valence-electron chi connectivity index (χ3n) is 2.86. The predicted molar refractivity (Wildman–Crippen MR) is 76.6 cm³/mol. The van der Waals surface area contributed by atoms with Gasteiger partial charge in [0.15, 0.2) is 0 Å². The number of anilines is 2. The van der Waals surface area contributed by atoms with Gasteiger partial charge in [-0.1, -0.05) is 26.7 Å². The second-order valence-electron chi connectivity index (χ2n) is 4.50. The highest BCUT2D eigenvalue weighted by Crippen LogP contribution is 2.16. The summed E-state index contributed by atoms with van der Waals surface area (Å²) in [6.07, 6.45) is 4.74. The maximum Gasteiger partial charge on any atom is 0.145 e. The van der Waals surface area contributed by atoms with Gasteiger partial charge in [-0.15, -0.1) is 0 Å². The molecule has 0 amide bonds. The van der Waals surface area contributed by atoms with Crippen molar-refractivity contribution >= 4 is 11.6 Å². The van der Waals surface area contributed by atoms with Gasteiger partial charge in [0.05, 0.1) is 0 Å². The van der Waals surface area contributed by atoms with Gasteiger partial charge >= 0.3 is 0 Å². The SMILES string of the molecule is CCCCN(CCCC)c1cc(NN)nc(C)n1. The highest BCUT2D eigenvalue weighted by molar-refractivity contribution is 5.48. The van der Waals surface area contributed by atoms with Crippen LogP contribution in [0.15, 0.2) is 6.07 Å². The molecule has 0 atom stereocenters. The highest BCUT2D eigenvalue weighted by atomic mass is 15.3. The van der Waals surface area contributed by atoms with Crippen LogP contribution in [0.4, 0.5) is 11.6 Å². The van der Waals surface area contributed by atoms with Crippen LogP contribution in [-0.4, -0.2) is 23.1 Å². The number of nitrogens with two attached hydrogens (primary N) is 1. The van der Waals surface area contributed by atoms with Crippen LogP contribution in [0.1, 0.15) is 45.4 Å². The Morgan fingerprint density at radius 2 is 1.78 bits per heavy atom. The van der Waals surface area contributed by atoms with Crippen LogP contribution in [-0.2, 0) is 0 Å². The number of aryl methyl sites for hydroxylation is 1. The van der Waals surface area contributed by atoms with Gasteiger partial charge in [-0.05, 0) is 19.8 Å². The molecule has 18 heavy (non-hydrogen) atoms. The van der Waals surface area contributed by atoms with Crippen LogP contribution in [0.25, 0.3) is 0 Å². The number of nitrogens with one attached hydrogen (secondary N) is 1. The van der Waals surface area contributed by atoms with E-state index in [1.165, 1.54) is 25.7 Å². The van der Waals surface area contributed by atoms with Gasteiger partial charge in [0.1, 0.15) is 17.5 Å². The predicted octanol–water partition coefficient (Wildman–Crippen LogP) is 2.48. The van der Waals surface area contributed by atoms with Gasteiger partial charge in [-0.2, -0.15) is 0 Å². The normalized spacial score (nSPS) is 10.4. The van der Waals surface area contributed by atoms with E-state index >= 15 is 0 Å². The van der Waals surface area contributed by atoms with Crippen LogP contribution in [0.3, 0.4) is 0 Å². The lowest BCUT2D eigenvalue weighted by atomic mass is 10.2. The summed E-state index contributed by atoms with van der Waals surface area (Å²) < 4.78 is 0. The summed E-state index contributed by atoms with van der Waals surface area (Å²) in [5.74, 6) is 7.82. The lowest BCUT2D eigenvalue weighted by molar-refractivity contribution is 0.669. The fourth-order valence-corrected chi connectivity index (χ4v) is 1.83. The minimum Gasteiger partial charge on any atom is -0.356 e. The summed E-state index contributed by atoms with van der Waals surface area (Å²) in [6.45, 7) is 8.38. The van der Waals surface area contributed by atoms with E-state index in [1.807, 2.05) is 13.0 Å². The van der Waals surface area contributed by atoms with Gasteiger partial charge in [0.2, 0.25) is 0 Å². The molecular formula is C13H25N5. The monoisotopic (exact) mass is 251 g/mol. The number of aromatic nitrogens is 2. The Labute approximate surface area is 110 Å². The number of hydrogen-bond donors (Lipinski definition) is 2. The fraction of sp³-hybridized carbons (Fsp3) is 0.692.